The van der Waals surface area contributed by atoms with E-state index in [1.54, 1.807) is 18.2 Å². The van der Waals surface area contributed by atoms with Gasteiger partial charge in [-0.1, -0.05) is 23.9 Å². The molecule has 0 bridgehead atoms. The van der Waals surface area contributed by atoms with Crippen LogP contribution in [0.4, 0.5) is 10.1 Å². The van der Waals surface area contributed by atoms with E-state index in [1.165, 1.54) is 54.5 Å². The highest BCUT2D eigenvalue weighted by Gasteiger charge is 2.15. The number of hydrogen-bond donors (Lipinski definition) is 1. The Labute approximate surface area is 177 Å². The number of nitro benzene ring substituents is 1. The average molecular weight is 443 g/mol. The third-order valence-electron chi connectivity index (χ3n) is 4.42. The summed E-state index contributed by atoms with van der Waals surface area (Å²) >= 11 is 2.57. The van der Waals surface area contributed by atoms with Crippen molar-refractivity contribution in [2.24, 2.45) is 0 Å². The predicted molar refractivity (Wildman–Crippen MR) is 115 cm³/mol. The van der Waals surface area contributed by atoms with Crippen molar-refractivity contribution in [3.63, 3.8) is 0 Å². The summed E-state index contributed by atoms with van der Waals surface area (Å²) in [7, 11) is 1.49. The van der Waals surface area contributed by atoms with E-state index in [4.69, 9.17) is 4.74 Å². The summed E-state index contributed by atoms with van der Waals surface area (Å²) in [6, 6.07) is 10.3. The molecule has 2 aromatic heterocycles. The minimum absolute atomic E-state index is 0.0366. The van der Waals surface area contributed by atoms with Crippen molar-refractivity contribution in [2.75, 3.05) is 7.11 Å². The molecule has 0 unspecified atom stereocenters. The SMILES string of the molecule is COc1ccc([N+](=O)[O-])cc1CSc1nc2scc(-c3ccc(F)cc3)c2c(=O)[nH]1. The molecular formula is C20H14FN3O4S2. The van der Waals surface area contributed by atoms with E-state index in [-0.39, 0.29) is 17.1 Å². The number of thiophene rings is 1. The van der Waals surface area contributed by atoms with Gasteiger partial charge in [-0.05, 0) is 23.8 Å². The molecule has 0 amide bonds. The monoisotopic (exact) mass is 443 g/mol. The first kappa shape index (κ1) is 20.0. The van der Waals surface area contributed by atoms with Crippen molar-refractivity contribution in [1.29, 1.82) is 0 Å². The number of H-pyrrole nitrogens is 1. The van der Waals surface area contributed by atoms with Gasteiger partial charge in [0.05, 0.1) is 17.4 Å². The number of hydrogen-bond acceptors (Lipinski definition) is 7. The Morgan fingerprint density at radius 1 is 1.27 bits per heavy atom. The molecule has 0 spiro atoms. The van der Waals surface area contributed by atoms with Crippen LogP contribution in [0.5, 0.6) is 5.75 Å². The second-order valence-electron chi connectivity index (χ2n) is 6.25. The van der Waals surface area contributed by atoms with E-state index in [9.17, 15) is 19.3 Å². The van der Waals surface area contributed by atoms with Gasteiger partial charge < -0.3 is 9.72 Å². The molecule has 0 fully saturated rings. The van der Waals surface area contributed by atoms with Gasteiger partial charge in [-0.15, -0.1) is 11.3 Å². The smallest absolute Gasteiger partial charge is 0.270 e. The number of ether oxygens (including phenoxy) is 1. The second kappa shape index (κ2) is 8.25. The van der Waals surface area contributed by atoms with Crippen LogP contribution in [0.15, 0.2) is 57.8 Å². The number of thioether (sulfide) groups is 1. The molecule has 1 N–H and O–H groups in total. The molecule has 4 aromatic rings. The lowest BCUT2D eigenvalue weighted by Crippen LogP contribution is -2.08. The molecule has 0 aliphatic rings. The summed E-state index contributed by atoms with van der Waals surface area (Å²) in [6.45, 7) is 0. The molecule has 10 heteroatoms. The van der Waals surface area contributed by atoms with Gasteiger partial charge in [-0.3, -0.25) is 14.9 Å². The summed E-state index contributed by atoms with van der Waals surface area (Å²) in [5.41, 5.74) is 1.72. The van der Waals surface area contributed by atoms with Crippen LogP contribution in [-0.2, 0) is 5.75 Å². The summed E-state index contributed by atoms with van der Waals surface area (Å²) in [5, 5.41) is 13.7. The van der Waals surface area contributed by atoms with E-state index >= 15 is 0 Å². The molecule has 30 heavy (non-hydrogen) atoms. The lowest BCUT2D eigenvalue weighted by atomic mass is 10.1. The third-order valence-corrected chi connectivity index (χ3v) is 6.21. The number of aromatic nitrogens is 2. The molecule has 0 saturated heterocycles. The largest absolute Gasteiger partial charge is 0.496 e. The van der Waals surface area contributed by atoms with Crippen LogP contribution in [0.25, 0.3) is 21.3 Å². The maximum absolute atomic E-state index is 13.2. The van der Waals surface area contributed by atoms with Crippen LogP contribution in [0.1, 0.15) is 5.56 Å². The number of benzene rings is 2. The summed E-state index contributed by atoms with van der Waals surface area (Å²) in [4.78, 5) is 31.1. The van der Waals surface area contributed by atoms with Crippen LogP contribution in [0.2, 0.25) is 0 Å². The zero-order chi connectivity index (χ0) is 21.3. The Kier molecular flexibility index (Phi) is 5.51. The molecule has 0 aliphatic heterocycles. The van der Waals surface area contributed by atoms with Crippen molar-refractivity contribution in [3.05, 3.63) is 79.7 Å². The molecular weight excluding hydrogens is 429 g/mol. The van der Waals surface area contributed by atoms with Gasteiger partial charge in [0.1, 0.15) is 16.4 Å². The highest BCUT2D eigenvalue weighted by molar-refractivity contribution is 7.98. The number of halogens is 1. The van der Waals surface area contributed by atoms with Gasteiger partial charge in [-0.25, -0.2) is 9.37 Å². The van der Waals surface area contributed by atoms with Gasteiger partial charge in [0.15, 0.2) is 5.16 Å². The van der Waals surface area contributed by atoms with Gasteiger partial charge in [0.2, 0.25) is 0 Å². The Hall–Kier alpha value is -3.24. The third kappa shape index (κ3) is 3.91. The van der Waals surface area contributed by atoms with Crippen molar-refractivity contribution in [1.82, 2.24) is 9.97 Å². The minimum atomic E-state index is -0.470. The Morgan fingerprint density at radius 3 is 2.73 bits per heavy atom. The quantitative estimate of drug-likeness (QED) is 0.195. The predicted octanol–water partition coefficient (Wildman–Crippen LogP) is 5.00. The maximum atomic E-state index is 13.2. The van der Waals surface area contributed by atoms with Crippen LogP contribution in [0, 0.1) is 15.9 Å². The summed E-state index contributed by atoms with van der Waals surface area (Å²) in [5.74, 6) is 0.502. The molecule has 4 rings (SSSR count). The first-order chi connectivity index (χ1) is 14.5. The van der Waals surface area contributed by atoms with Gasteiger partial charge in [-0.2, -0.15) is 0 Å². The van der Waals surface area contributed by atoms with E-state index in [2.05, 4.69) is 9.97 Å². The second-order valence-corrected chi connectivity index (χ2v) is 8.07. The number of nitrogens with one attached hydrogen (secondary N) is 1. The van der Waals surface area contributed by atoms with E-state index < -0.39 is 4.92 Å². The Bertz CT molecular complexity index is 1300. The zero-order valence-electron chi connectivity index (χ0n) is 15.5. The number of fused-ring (bicyclic) bond motifs is 1. The van der Waals surface area contributed by atoms with Gasteiger partial charge in [0, 0.05) is 34.4 Å². The minimum Gasteiger partial charge on any atom is -0.496 e. The number of methoxy groups -OCH3 is 1. The van der Waals surface area contributed by atoms with E-state index in [0.717, 1.165) is 5.56 Å². The fraction of sp³-hybridized carbons (Fsp3) is 0.100. The number of aromatic amines is 1. The highest BCUT2D eigenvalue weighted by atomic mass is 32.2. The van der Waals surface area contributed by atoms with Gasteiger partial charge in [0.25, 0.3) is 11.2 Å². The molecule has 0 atom stereocenters. The molecule has 7 nitrogen and oxygen atoms in total. The fourth-order valence-corrected chi connectivity index (χ4v) is 4.82. The first-order valence-corrected chi connectivity index (χ1v) is 10.5. The normalized spacial score (nSPS) is 11.0. The van der Waals surface area contributed by atoms with E-state index in [1.807, 2.05) is 5.38 Å². The molecule has 152 valence electrons. The van der Waals surface area contributed by atoms with Crippen LogP contribution in [0.3, 0.4) is 0 Å². The lowest BCUT2D eigenvalue weighted by Gasteiger charge is -2.08. The van der Waals surface area contributed by atoms with Crippen molar-refractivity contribution in [2.45, 2.75) is 10.9 Å². The Balaban J connectivity index is 1.64. The van der Waals surface area contributed by atoms with Crippen molar-refractivity contribution < 1.29 is 14.1 Å². The van der Waals surface area contributed by atoms with Crippen molar-refractivity contribution >= 4 is 39.0 Å². The molecule has 2 aromatic carbocycles. The van der Waals surface area contributed by atoms with Crippen LogP contribution in [-0.4, -0.2) is 22.0 Å². The standard InChI is InChI=1S/C20H14FN3O4S2/c1-28-16-7-6-14(24(26)27)8-12(16)9-30-20-22-18(25)17-15(10-29-19(17)23-20)11-2-4-13(21)5-3-11/h2-8,10H,9H2,1H3,(H,22,23,25). The van der Waals surface area contributed by atoms with Crippen LogP contribution >= 0.6 is 23.1 Å². The lowest BCUT2D eigenvalue weighted by molar-refractivity contribution is -0.384. The van der Waals surface area contributed by atoms with Gasteiger partial charge >= 0.3 is 0 Å². The van der Waals surface area contributed by atoms with Crippen LogP contribution < -0.4 is 10.3 Å². The topological polar surface area (TPSA) is 98.1 Å². The number of non-ortho nitro benzene ring substituents is 1. The highest BCUT2D eigenvalue weighted by Crippen LogP contribution is 2.33. The first-order valence-electron chi connectivity index (χ1n) is 8.68. The molecule has 0 radical (unpaired) electrons. The van der Waals surface area contributed by atoms with E-state index in [0.29, 0.717) is 38.0 Å². The Morgan fingerprint density at radius 2 is 2.03 bits per heavy atom. The van der Waals surface area contributed by atoms with Crippen molar-refractivity contribution in [3.8, 4) is 16.9 Å². The number of nitro groups is 1. The average Bonchev–Trinajstić information content (AvgIpc) is 3.17. The molecule has 0 saturated carbocycles. The zero-order valence-corrected chi connectivity index (χ0v) is 17.2. The maximum Gasteiger partial charge on any atom is 0.270 e. The molecule has 0 aliphatic carbocycles. The number of nitrogens with zero attached hydrogens (tertiary/aromatic N) is 2. The summed E-state index contributed by atoms with van der Waals surface area (Å²) < 4.78 is 18.5. The summed E-state index contributed by atoms with van der Waals surface area (Å²) in [6.07, 6.45) is 0. The number of rotatable bonds is 6. The fourth-order valence-electron chi connectivity index (χ4n) is 2.98. The molecule has 2 heterocycles.